The zero-order valence-corrected chi connectivity index (χ0v) is 8.14. The van der Waals surface area contributed by atoms with Crippen LogP contribution in [0.2, 0.25) is 0 Å². The number of carbonyl (C=O) groups excluding carboxylic acids is 2. The molecule has 0 aliphatic heterocycles. The second-order valence-electron chi connectivity index (χ2n) is 3.35. The summed E-state index contributed by atoms with van der Waals surface area (Å²) in [4.78, 5) is 33.4. The Balaban J connectivity index is 2.71. The molecule has 2 atom stereocenters. The van der Waals surface area contributed by atoms with E-state index in [4.69, 9.17) is 5.11 Å². The summed E-state index contributed by atoms with van der Waals surface area (Å²) < 4.78 is 4.68. The average Bonchev–Trinajstić information content (AvgIpc) is 2.56. The zero-order chi connectivity index (χ0) is 11.4. The van der Waals surface area contributed by atoms with Crippen molar-refractivity contribution in [3.05, 3.63) is 12.7 Å². The van der Waals surface area contributed by atoms with E-state index in [1.807, 2.05) is 0 Å². The van der Waals surface area contributed by atoms with Crippen molar-refractivity contribution in [1.82, 2.24) is 0 Å². The number of hydrogen-bond donors (Lipinski definition) is 1. The molecule has 15 heavy (non-hydrogen) atoms. The first-order chi connectivity index (χ1) is 7.07. The molecule has 1 rings (SSSR count). The molecular formula is C10H12O5. The number of carbonyl (C=O) groups is 3. The zero-order valence-electron chi connectivity index (χ0n) is 8.14. The fourth-order valence-corrected chi connectivity index (χ4v) is 1.64. The first-order valence-electron chi connectivity index (χ1n) is 4.61. The summed E-state index contributed by atoms with van der Waals surface area (Å²) in [7, 11) is 0. The number of esters is 1. The van der Waals surface area contributed by atoms with E-state index >= 15 is 0 Å². The number of carboxylic acid groups (broad SMARTS) is 1. The molecule has 82 valence electrons. The lowest BCUT2D eigenvalue weighted by atomic mass is 9.96. The minimum Gasteiger partial charge on any atom is -0.481 e. The minimum atomic E-state index is -1.14. The van der Waals surface area contributed by atoms with Gasteiger partial charge in [-0.25, -0.2) is 0 Å². The third-order valence-corrected chi connectivity index (χ3v) is 2.37. The van der Waals surface area contributed by atoms with Gasteiger partial charge in [0.15, 0.2) is 0 Å². The van der Waals surface area contributed by atoms with Gasteiger partial charge < -0.3 is 9.84 Å². The van der Waals surface area contributed by atoms with Crippen molar-refractivity contribution in [3.63, 3.8) is 0 Å². The summed E-state index contributed by atoms with van der Waals surface area (Å²) in [6.45, 7) is 3.35. The summed E-state index contributed by atoms with van der Waals surface area (Å²) in [6, 6.07) is 0. The highest BCUT2D eigenvalue weighted by Crippen LogP contribution is 2.29. The third-order valence-electron chi connectivity index (χ3n) is 2.37. The average molecular weight is 212 g/mol. The number of aliphatic carboxylic acids is 1. The lowest BCUT2D eigenvalue weighted by Gasteiger charge is -2.12. The molecule has 0 heterocycles. The second-order valence-corrected chi connectivity index (χ2v) is 3.35. The Morgan fingerprint density at radius 2 is 2.27 bits per heavy atom. The van der Waals surface area contributed by atoms with E-state index in [0.29, 0.717) is 0 Å². The van der Waals surface area contributed by atoms with Gasteiger partial charge in [0, 0.05) is 6.42 Å². The number of ketones is 1. The van der Waals surface area contributed by atoms with Gasteiger partial charge in [-0.3, -0.25) is 14.4 Å². The summed E-state index contributed by atoms with van der Waals surface area (Å²) in [5, 5.41) is 8.80. The van der Waals surface area contributed by atoms with Gasteiger partial charge >= 0.3 is 11.9 Å². The van der Waals surface area contributed by atoms with E-state index in [2.05, 4.69) is 11.3 Å². The van der Waals surface area contributed by atoms with Crippen molar-refractivity contribution in [1.29, 1.82) is 0 Å². The van der Waals surface area contributed by atoms with E-state index in [1.165, 1.54) is 6.08 Å². The molecule has 0 saturated heterocycles. The summed E-state index contributed by atoms with van der Waals surface area (Å²) in [5.41, 5.74) is 0. The van der Waals surface area contributed by atoms with Crippen LogP contribution in [0.3, 0.4) is 0 Å². The standard InChI is InChI=1S/C10H12O5/c1-2-5-15-10(14)8-6(9(12)13)3-4-7(8)11/h2,6,8H,1,3-5H2,(H,12,13)/t6-,8+/m0/s1. The fourth-order valence-electron chi connectivity index (χ4n) is 1.64. The van der Waals surface area contributed by atoms with Crippen LogP contribution in [0.4, 0.5) is 0 Å². The molecule has 5 nitrogen and oxygen atoms in total. The molecule has 0 radical (unpaired) electrons. The lowest BCUT2D eigenvalue weighted by Crippen LogP contribution is -2.31. The van der Waals surface area contributed by atoms with Crippen molar-refractivity contribution < 1.29 is 24.2 Å². The number of Topliss-reactive ketones (excluding diaryl/α,β-unsaturated/α-hetero) is 1. The monoisotopic (exact) mass is 212 g/mol. The molecule has 0 amide bonds. The van der Waals surface area contributed by atoms with Gasteiger partial charge in [-0.05, 0) is 6.42 Å². The first-order valence-corrected chi connectivity index (χ1v) is 4.61. The quantitative estimate of drug-likeness (QED) is 0.414. The van der Waals surface area contributed by atoms with Crippen LogP contribution in [-0.4, -0.2) is 29.4 Å². The SMILES string of the molecule is C=CCOC(=O)[C@H]1C(=O)CC[C@@H]1C(=O)O. The summed E-state index contributed by atoms with van der Waals surface area (Å²) in [5.74, 6) is -4.31. The molecule has 1 aliphatic rings. The molecule has 1 N–H and O–H groups in total. The van der Waals surface area contributed by atoms with E-state index < -0.39 is 23.8 Å². The van der Waals surface area contributed by atoms with Gasteiger partial charge in [-0.15, -0.1) is 0 Å². The number of ether oxygens (including phenoxy) is 1. The largest absolute Gasteiger partial charge is 0.481 e. The molecule has 1 saturated carbocycles. The highest BCUT2D eigenvalue weighted by atomic mass is 16.5. The van der Waals surface area contributed by atoms with Crippen molar-refractivity contribution in [2.24, 2.45) is 11.8 Å². The van der Waals surface area contributed by atoms with E-state index in [9.17, 15) is 14.4 Å². The van der Waals surface area contributed by atoms with Crippen LogP contribution < -0.4 is 0 Å². The van der Waals surface area contributed by atoms with Crippen LogP contribution in [0.1, 0.15) is 12.8 Å². The summed E-state index contributed by atoms with van der Waals surface area (Å²) in [6.07, 6.45) is 1.71. The second kappa shape index (κ2) is 4.72. The Morgan fingerprint density at radius 1 is 1.60 bits per heavy atom. The van der Waals surface area contributed by atoms with Crippen LogP contribution in [0.5, 0.6) is 0 Å². The van der Waals surface area contributed by atoms with Gasteiger partial charge in [-0.1, -0.05) is 12.7 Å². The van der Waals surface area contributed by atoms with Crippen molar-refractivity contribution in [3.8, 4) is 0 Å². The molecule has 0 aromatic carbocycles. The molecule has 1 fully saturated rings. The maximum absolute atomic E-state index is 11.4. The summed E-state index contributed by atoms with van der Waals surface area (Å²) >= 11 is 0. The first kappa shape index (κ1) is 11.4. The van der Waals surface area contributed by atoms with Crippen molar-refractivity contribution >= 4 is 17.7 Å². The number of carboxylic acids is 1. The molecule has 1 aliphatic carbocycles. The lowest BCUT2D eigenvalue weighted by molar-refractivity contribution is -0.157. The molecule has 0 unspecified atom stereocenters. The molecule has 0 spiro atoms. The molecule has 0 aromatic heterocycles. The normalized spacial score (nSPS) is 24.9. The fraction of sp³-hybridized carbons (Fsp3) is 0.500. The Morgan fingerprint density at radius 3 is 2.80 bits per heavy atom. The topological polar surface area (TPSA) is 80.7 Å². The van der Waals surface area contributed by atoms with Crippen LogP contribution >= 0.6 is 0 Å². The maximum atomic E-state index is 11.4. The smallest absolute Gasteiger partial charge is 0.317 e. The Labute approximate surface area is 86.7 Å². The third kappa shape index (κ3) is 2.43. The minimum absolute atomic E-state index is 0.00501. The van der Waals surface area contributed by atoms with Crippen LogP contribution in [0.15, 0.2) is 12.7 Å². The van der Waals surface area contributed by atoms with Crippen LogP contribution in [0.25, 0.3) is 0 Å². The van der Waals surface area contributed by atoms with E-state index in [-0.39, 0.29) is 25.2 Å². The Bertz CT molecular complexity index is 307. The predicted octanol–water partition coefficient (Wildman–Crippen LogP) is 0.395. The van der Waals surface area contributed by atoms with Gasteiger partial charge in [0.05, 0.1) is 5.92 Å². The molecule has 0 bridgehead atoms. The molecular weight excluding hydrogens is 200 g/mol. The van der Waals surface area contributed by atoms with Gasteiger partial charge in [0.25, 0.3) is 0 Å². The van der Waals surface area contributed by atoms with Crippen LogP contribution in [-0.2, 0) is 19.1 Å². The molecule has 0 aromatic rings. The van der Waals surface area contributed by atoms with Crippen molar-refractivity contribution in [2.75, 3.05) is 6.61 Å². The number of rotatable bonds is 4. The van der Waals surface area contributed by atoms with E-state index in [1.54, 1.807) is 0 Å². The van der Waals surface area contributed by atoms with Gasteiger partial charge in [-0.2, -0.15) is 0 Å². The maximum Gasteiger partial charge on any atom is 0.317 e. The number of hydrogen-bond acceptors (Lipinski definition) is 4. The van der Waals surface area contributed by atoms with Gasteiger partial charge in [0.2, 0.25) is 0 Å². The van der Waals surface area contributed by atoms with Crippen molar-refractivity contribution in [2.45, 2.75) is 12.8 Å². The van der Waals surface area contributed by atoms with Gasteiger partial charge in [0.1, 0.15) is 18.3 Å². The predicted molar refractivity (Wildman–Crippen MR) is 50.0 cm³/mol. The Hall–Kier alpha value is -1.65. The Kier molecular flexibility index (Phi) is 3.60. The highest BCUT2D eigenvalue weighted by Gasteiger charge is 2.44. The van der Waals surface area contributed by atoms with E-state index in [0.717, 1.165) is 0 Å². The van der Waals surface area contributed by atoms with Crippen LogP contribution in [0, 0.1) is 11.8 Å². The highest BCUT2D eigenvalue weighted by molar-refractivity contribution is 6.04. The molecule has 5 heteroatoms.